The van der Waals surface area contributed by atoms with E-state index in [2.05, 4.69) is 0 Å². The molecule has 3 heteroatoms. The number of pyridine rings is 1. The maximum absolute atomic E-state index is 10.6. The molecule has 0 aliphatic rings. The van der Waals surface area contributed by atoms with Gasteiger partial charge < -0.3 is 5.11 Å². The number of hydrogen-bond acceptors (Lipinski definition) is 2. The van der Waals surface area contributed by atoms with Crippen LogP contribution < -0.4 is 5.56 Å². The Labute approximate surface area is 79.7 Å². The van der Waals surface area contributed by atoms with E-state index in [1.54, 1.807) is 0 Å². The summed E-state index contributed by atoms with van der Waals surface area (Å²) in [5, 5.41) is 8.86. The first-order chi connectivity index (χ1) is 6.22. The molecule has 0 unspecified atom stereocenters. The molecule has 0 radical (unpaired) electrons. The third-order valence-corrected chi connectivity index (χ3v) is 1.16. The Morgan fingerprint density at radius 1 is 1.15 bits per heavy atom. The standard InChI is InChI=1S/C6H7NO2.2C2H6/c1-7-5(8)3-2-4-6(7)9;2*1-2/h2-4,8H,1H3;2*1-2H3. The van der Waals surface area contributed by atoms with Gasteiger partial charge >= 0.3 is 0 Å². The van der Waals surface area contributed by atoms with Gasteiger partial charge in [-0.3, -0.25) is 9.36 Å². The fourth-order valence-electron chi connectivity index (χ4n) is 0.553. The van der Waals surface area contributed by atoms with E-state index in [0.717, 1.165) is 0 Å². The number of aromatic hydroxyl groups is 1. The zero-order chi connectivity index (χ0) is 10.9. The second kappa shape index (κ2) is 8.84. The van der Waals surface area contributed by atoms with Gasteiger partial charge in [-0.15, -0.1) is 0 Å². The van der Waals surface area contributed by atoms with E-state index >= 15 is 0 Å². The average molecular weight is 185 g/mol. The Morgan fingerprint density at radius 3 is 1.92 bits per heavy atom. The molecule has 13 heavy (non-hydrogen) atoms. The van der Waals surface area contributed by atoms with E-state index in [4.69, 9.17) is 5.11 Å². The largest absolute Gasteiger partial charge is 0.494 e. The third-order valence-electron chi connectivity index (χ3n) is 1.16. The summed E-state index contributed by atoms with van der Waals surface area (Å²) in [7, 11) is 1.51. The molecule has 0 aliphatic carbocycles. The van der Waals surface area contributed by atoms with Crippen LogP contribution in [0.25, 0.3) is 0 Å². The highest BCUT2D eigenvalue weighted by Gasteiger charge is 1.91. The zero-order valence-electron chi connectivity index (χ0n) is 9.03. The zero-order valence-corrected chi connectivity index (χ0v) is 9.03. The monoisotopic (exact) mass is 185 g/mol. The van der Waals surface area contributed by atoms with Crippen LogP contribution in [0.5, 0.6) is 5.88 Å². The third kappa shape index (κ3) is 5.06. The lowest BCUT2D eigenvalue weighted by Gasteiger charge is -1.96. The van der Waals surface area contributed by atoms with E-state index < -0.39 is 0 Å². The van der Waals surface area contributed by atoms with Crippen molar-refractivity contribution in [1.29, 1.82) is 0 Å². The summed E-state index contributed by atoms with van der Waals surface area (Å²) in [4.78, 5) is 10.6. The molecule has 0 aliphatic heterocycles. The Bertz CT molecular complexity index is 266. The van der Waals surface area contributed by atoms with Crippen molar-refractivity contribution in [3.05, 3.63) is 28.6 Å². The van der Waals surface area contributed by atoms with Crippen molar-refractivity contribution in [3.8, 4) is 5.88 Å². The molecule has 1 aromatic heterocycles. The van der Waals surface area contributed by atoms with E-state index in [-0.39, 0.29) is 11.4 Å². The smallest absolute Gasteiger partial charge is 0.253 e. The Balaban J connectivity index is 0. The maximum Gasteiger partial charge on any atom is 0.253 e. The number of nitrogens with zero attached hydrogens (tertiary/aromatic N) is 1. The number of rotatable bonds is 0. The topological polar surface area (TPSA) is 42.2 Å². The molecule has 0 spiro atoms. The van der Waals surface area contributed by atoms with E-state index in [1.807, 2.05) is 27.7 Å². The van der Waals surface area contributed by atoms with Gasteiger partial charge in [0.25, 0.3) is 5.56 Å². The van der Waals surface area contributed by atoms with Crippen molar-refractivity contribution in [2.75, 3.05) is 0 Å². The van der Waals surface area contributed by atoms with Crippen LogP contribution >= 0.6 is 0 Å². The van der Waals surface area contributed by atoms with Gasteiger partial charge in [-0.2, -0.15) is 0 Å². The lowest BCUT2D eigenvalue weighted by molar-refractivity contribution is 0.423. The van der Waals surface area contributed by atoms with Gasteiger partial charge in [-0.25, -0.2) is 0 Å². The molecule has 1 N–H and O–H groups in total. The Hall–Kier alpha value is -1.25. The molecule has 0 saturated carbocycles. The van der Waals surface area contributed by atoms with Crippen molar-refractivity contribution in [2.45, 2.75) is 27.7 Å². The van der Waals surface area contributed by atoms with Crippen LogP contribution in [0.15, 0.2) is 23.0 Å². The van der Waals surface area contributed by atoms with E-state index in [1.165, 1.54) is 29.8 Å². The minimum Gasteiger partial charge on any atom is -0.494 e. The summed E-state index contributed by atoms with van der Waals surface area (Å²) >= 11 is 0. The van der Waals surface area contributed by atoms with Gasteiger partial charge in [0, 0.05) is 13.1 Å². The molecule has 1 aromatic rings. The molecule has 3 nitrogen and oxygen atoms in total. The Kier molecular flexibility index (Phi) is 9.72. The minimum absolute atomic E-state index is 0.0116. The van der Waals surface area contributed by atoms with Crippen LogP contribution in [-0.4, -0.2) is 9.67 Å². The van der Waals surface area contributed by atoms with Crippen molar-refractivity contribution < 1.29 is 5.11 Å². The lowest BCUT2D eigenvalue weighted by atomic mass is 10.5. The SMILES string of the molecule is CC.CC.Cn1c(O)cccc1=O. The van der Waals surface area contributed by atoms with Crippen LogP contribution in [-0.2, 0) is 7.05 Å². The Morgan fingerprint density at radius 2 is 1.62 bits per heavy atom. The molecule has 1 rings (SSSR count). The fourth-order valence-corrected chi connectivity index (χ4v) is 0.553. The van der Waals surface area contributed by atoms with Gasteiger partial charge in [0.1, 0.15) is 0 Å². The molecule has 0 atom stereocenters. The molecule has 0 saturated heterocycles. The molecule has 0 fully saturated rings. The van der Waals surface area contributed by atoms with Gasteiger partial charge in [-0.05, 0) is 6.07 Å². The summed E-state index contributed by atoms with van der Waals surface area (Å²) in [6.07, 6.45) is 0. The number of hydrogen-bond donors (Lipinski definition) is 1. The maximum atomic E-state index is 10.6. The quantitative estimate of drug-likeness (QED) is 0.673. The highest BCUT2D eigenvalue weighted by atomic mass is 16.3. The summed E-state index contributed by atoms with van der Waals surface area (Å²) in [5.74, 6) is -0.0116. The van der Waals surface area contributed by atoms with Crippen LogP contribution in [0.3, 0.4) is 0 Å². The van der Waals surface area contributed by atoms with Crippen molar-refractivity contribution in [1.82, 2.24) is 4.57 Å². The molecule has 0 aromatic carbocycles. The van der Waals surface area contributed by atoms with E-state index in [0.29, 0.717) is 0 Å². The highest BCUT2D eigenvalue weighted by Crippen LogP contribution is 1.98. The summed E-state index contributed by atoms with van der Waals surface area (Å²) in [6, 6.07) is 4.36. The molecular weight excluding hydrogens is 166 g/mol. The number of aromatic nitrogens is 1. The highest BCUT2D eigenvalue weighted by molar-refractivity contribution is 5.09. The molecule has 76 valence electrons. The average Bonchev–Trinajstić information content (AvgIpc) is 2.20. The predicted molar refractivity (Wildman–Crippen MR) is 56.0 cm³/mol. The van der Waals surface area contributed by atoms with Crippen LogP contribution in [0, 0.1) is 0 Å². The normalized spacial score (nSPS) is 7.46. The fraction of sp³-hybridized carbons (Fsp3) is 0.500. The second-order valence-electron chi connectivity index (χ2n) is 1.78. The molecule has 0 amide bonds. The van der Waals surface area contributed by atoms with Crippen LogP contribution in [0.1, 0.15) is 27.7 Å². The lowest BCUT2D eigenvalue weighted by Crippen LogP contribution is -2.13. The van der Waals surface area contributed by atoms with Gasteiger partial charge in [0.2, 0.25) is 0 Å². The van der Waals surface area contributed by atoms with E-state index in [9.17, 15) is 4.79 Å². The van der Waals surface area contributed by atoms with Crippen LogP contribution in [0.2, 0.25) is 0 Å². The van der Waals surface area contributed by atoms with Gasteiger partial charge in [-0.1, -0.05) is 33.8 Å². The first-order valence-corrected chi connectivity index (χ1v) is 4.57. The van der Waals surface area contributed by atoms with Crippen molar-refractivity contribution in [3.63, 3.8) is 0 Å². The van der Waals surface area contributed by atoms with Crippen molar-refractivity contribution in [2.24, 2.45) is 7.05 Å². The van der Waals surface area contributed by atoms with Crippen LogP contribution in [0.4, 0.5) is 0 Å². The summed E-state index contributed by atoms with van der Waals surface area (Å²) in [5.41, 5.74) is -0.199. The van der Waals surface area contributed by atoms with Gasteiger partial charge in [0.05, 0.1) is 0 Å². The first kappa shape index (κ1) is 14.3. The summed E-state index contributed by atoms with van der Waals surface area (Å²) in [6.45, 7) is 8.00. The van der Waals surface area contributed by atoms with Gasteiger partial charge in [0.15, 0.2) is 5.88 Å². The first-order valence-electron chi connectivity index (χ1n) is 4.57. The predicted octanol–water partition coefficient (Wildman–Crippen LogP) is 2.14. The summed E-state index contributed by atoms with van der Waals surface area (Å²) < 4.78 is 1.17. The van der Waals surface area contributed by atoms with Crippen molar-refractivity contribution >= 4 is 0 Å². The molecular formula is C10H19NO2. The molecule has 0 bridgehead atoms. The second-order valence-corrected chi connectivity index (χ2v) is 1.78. The molecule has 1 heterocycles. The minimum atomic E-state index is -0.199.